The molecule has 0 aliphatic carbocycles. The second-order valence-corrected chi connectivity index (χ2v) is 4.58. The number of benzene rings is 1. The fraction of sp³-hybridized carbons (Fsp3) is 0.200. The van der Waals surface area contributed by atoms with E-state index in [1.54, 1.807) is 0 Å². The summed E-state index contributed by atoms with van der Waals surface area (Å²) in [6.07, 6.45) is 2.25. The van der Waals surface area contributed by atoms with E-state index in [1.807, 2.05) is 6.07 Å². The van der Waals surface area contributed by atoms with Gasteiger partial charge in [0, 0.05) is 0 Å². The van der Waals surface area contributed by atoms with Gasteiger partial charge in [0.2, 0.25) is 0 Å². The summed E-state index contributed by atoms with van der Waals surface area (Å²) in [5.74, 6) is 2.24. The molecule has 0 heterocycles. The Morgan fingerprint density at radius 2 is 1.91 bits per heavy atom. The van der Waals surface area contributed by atoms with Crippen LogP contribution < -0.4 is 0 Å². The first-order chi connectivity index (χ1) is 5.33. The maximum absolute atomic E-state index is 2.25. The third-order valence-electron chi connectivity index (χ3n) is 1.49. The summed E-state index contributed by atoms with van der Waals surface area (Å²) in [5.41, 5.74) is 1.31. The van der Waals surface area contributed by atoms with Gasteiger partial charge in [-0.1, -0.05) is 0 Å². The van der Waals surface area contributed by atoms with Crippen LogP contribution in [0, 0.1) is 0 Å². The van der Waals surface area contributed by atoms with Crippen LogP contribution >= 0.6 is 0 Å². The standard InChI is InChI=1S/C10H12Se/c1-9(11-2)8-10-6-4-3-5-7-10/h3-8H,1-2H3/b9-8-. The summed E-state index contributed by atoms with van der Waals surface area (Å²) in [6, 6.07) is 10.5. The monoisotopic (exact) mass is 212 g/mol. The van der Waals surface area contributed by atoms with Gasteiger partial charge in [0.05, 0.1) is 0 Å². The van der Waals surface area contributed by atoms with Crippen molar-refractivity contribution < 1.29 is 0 Å². The van der Waals surface area contributed by atoms with Crippen molar-refractivity contribution in [2.45, 2.75) is 12.7 Å². The average molecular weight is 211 g/mol. The zero-order valence-corrected chi connectivity index (χ0v) is 8.59. The van der Waals surface area contributed by atoms with Gasteiger partial charge in [-0.25, -0.2) is 0 Å². The predicted molar refractivity (Wildman–Crippen MR) is 51.7 cm³/mol. The van der Waals surface area contributed by atoms with E-state index in [0.29, 0.717) is 15.0 Å². The molecule has 1 aromatic rings. The van der Waals surface area contributed by atoms with Gasteiger partial charge in [-0.05, 0) is 0 Å². The van der Waals surface area contributed by atoms with Gasteiger partial charge in [0.1, 0.15) is 0 Å². The second kappa shape index (κ2) is 4.38. The number of hydrogen-bond donors (Lipinski definition) is 0. The molecule has 0 aliphatic heterocycles. The first-order valence-corrected chi connectivity index (χ1v) is 6.17. The molecule has 0 nitrogen and oxygen atoms in total. The molecule has 58 valence electrons. The van der Waals surface area contributed by atoms with E-state index in [2.05, 4.69) is 43.1 Å². The molecule has 0 saturated carbocycles. The minimum atomic E-state index is 0.649. The summed E-state index contributed by atoms with van der Waals surface area (Å²) in [7, 11) is 0. The van der Waals surface area contributed by atoms with Gasteiger partial charge < -0.3 is 0 Å². The fourth-order valence-electron chi connectivity index (χ4n) is 0.843. The molecule has 1 rings (SSSR count). The number of hydrogen-bond acceptors (Lipinski definition) is 0. The topological polar surface area (TPSA) is 0 Å². The fourth-order valence-corrected chi connectivity index (χ4v) is 1.38. The molecular formula is C10H12Se. The number of rotatable bonds is 2. The third kappa shape index (κ3) is 2.92. The van der Waals surface area contributed by atoms with Crippen LogP contribution in [0.4, 0.5) is 0 Å². The number of allylic oxidation sites excluding steroid dienone is 1. The van der Waals surface area contributed by atoms with Gasteiger partial charge in [-0.3, -0.25) is 0 Å². The SMILES string of the molecule is C[Se]/C(C)=C\c1ccccc1. The molecule has 0 bridgehead atoms. The van der Waals surface area contributed by atoms with E-state index in [-0.39, 0.29) is 0 Å². The normalized spacial score (nSPS) is 11.6. The van der Waals surface area contributed by atoms with Gasteiger partial charge in [-0.15, -0.1) is 0 Å². The van der Waals surface area contributed by atoms with Crippen LogP contribution in [0.3, 0.4) is 0 Å². The molecule has 0 unspecified atom stereocenters. The molecule has 1 aromatic carbocycles. The summed E-state index contributed by atoms with van der Waals surface area (Å²) in [5, 5.41) is 0. The Morgan fingerprint density at radius 1 is 1.27 bits per heavy atom. The summed E-state index contributed by atoms with van der Waals surface area (Å²) >= 11 is 0.649. The molecule has 0 amide bonds. The van der Waals surface area contributed by atoms with Crippen molar-refractivity contribution in [1.82, 2.24) is 0 Å². The first-order valence-electron chi connectivity index (χ1n) is 3.60. The molecule has 0 N–H and O–H groups in total. The Balaban J connectivity index is 2.79. The molecule has 1 heteroatoms. The van der Waals surface area contributed by atoms with Gasteiger partial charge >= 0.3 is 74.1 Å². The molecule has 0 saturated heterocycles. The van der Waals surface area contributed by atoms with Crippen LogP contribution in [0.15, 0.2) is 34.8 Å². The van der Waals surface area contributed by atoms with Crippen molar-refractivity contribution in [3.63, 3.8) is 0 Å². The zero-order valence-electron chi connectivity index (χ0n) is 6.87. The Labute approximate surface area is 74.5 Å². The molecule has 11 heavy (non-hydrogen) atoms. The van der Waals surface area contributed by atoms with Crippen LogP contribution in [-0.2, 0) is 0 Å². The van der Waals surface area contributed by atoms with Gasteiger partial charge in [0.25, 0.3) is 0 Å². The Hall–Kier alpha value is -0.521. The Morgan fingerprint density at radius 3 is 2.45 bits per heavy atom. The van der Waals surface area contributed by atoms with Crippen LogP contribution in [0.2, 0.25) is 5.82 Å². The third-order valence-corrected chi connectivity index (χ3v) is 3.09. The summed E-state index contributed by atoms with van der Waals surface area (Å²) in [4.78, 5) is 0. The van der Waals surface area contributed by atoms with Crippen molar-refractivity contribution in [1.29, 1.82) is 0 Å². The second-order valence-electron chi connectivity index (χ2n) is 2.37. The molecule has 0 fully saturated rings. The van der Waals surface area contributed by atoms with E-state index in [9.17, 15) is 0 Å². The average Bonchev–Trinajstić information content (AvgIpc) is 2.06. The van der Waals surface area contributed by atoms with Crippen LogP contribution in [0.5, 0.6) is 0 Å². The van der Waals surface area contributed by atoms with Crippen LogP contribution in [0.25, 0.3) is 6.08 Å². The van der Waals surface area contributed by atoms with E-state index in [0.717, 1.165) is 0 Å². The first kappa shape index (κ1) is 8.57. The van der Waals surface area contributed by atoms with E-state index < -0.39 is 0 Å². The molecule has 0 atom stereocenters. The maximum atomic E-state index is 2.25. The molecule has 0 aromatic heterocycles. The van der Waals surface area contributed by atoms with Gasteiger partial charge in [-0.2, -0.15) is 0 Å². The predicted octanol–water partition coefficient (Wildman–Crippen LogP) is 2.80. The molecular weight excluding hydrogens is 199 g/mol. The van der Waals surface area contributed by atoms with Crippen LogP contribution in [0.1, 0.15) is 12.5 Å². The Bertz CT molecular complexity index is 236. The molecule has 0 spiro atoms. The zero-order chi connectivity index (χ0) is 8.10. The van der Waals surface area contributed by atoms with Crippen molar-refractivity contribution in [2.75, 3.05) is 0 Å². The van der Waals surface area contributed by atoms with E-state index in [1.165, 1.54) is 10.0 Å². The summed E-state index contributed by atoms with van der Waals surface area (Å²) < 4.78 is 1.49. The quantitative estimate of drug-likeness (QED) is 0.660. The Kier molecular flexibility index (Phi) is 3.41. The van der Waals surface area contributed by atoms with Crippen molar-refractivity contribution >= 4 is 21.0 Å². The molecule has 0 aliphatic rings. The van der Waals surface area contributed by atoms with Crippen molar-refractivity contribution in [3.8, 4) is 0 Å². The van der Waals surface area contributed by atoms with Crippen LogP contribution in [-0.4, -0.2) is 15.0 Å². The van der Waals surface area contributed by atoms with Crippen molar-refractivity contribution in [2.24, 2.45) is 0 Å². The van der Waals surface area contributed by atoms with E-state index >= 15 is 0 Å². The summed E-state index contributed by atoms with van der Waals surface area (Å²) in [6.45, 7) is 2.19. The minimum absolute atomic E-state index is 0.649. The van der Waals surface area contributed by atoms with Gasteiger partial charge in [0.15, 0.2) is 0 Å². The van der Waals surface area contributed by atoms with Crippen molar-refractivity contribution in [3.05, 3.63) is 40.4 Å². The van der Waals surface area contributed by atoms with E-state index in [4.69, 9.17) is 0 Å². The molecule has 0 radical (unpaired) electrons.